The molecule has 1 aromatic carbocycles. The van der Waals surface area contributed by atoms with Crippen molar-refractivity contribution in [2.45, 2.75) is 19.8 Å². The fourth-order valence-corrected chi connectivity index (χ4v) is 1.94. The molecule has 0 saturated carbocycles. The fourth-order valence-electron chi connectivity index (χ4n) is 1.30. The molecule has 1 rings (SSSR count). The van der Waals surface area contributed by atoms with Crippen molar-refractivity contribution in [3.8, 4) is 5.75 Å². The van der Waals surface area contributed by atoms with E-state index < -0.39 is 0 Å². The van der Waals surface area contributed by atoms with Crippen LogP contribution >= 0.6 is 23.2 Å². The summed E-state index contributed by atoms with van der Waals surface area (Å²) in [6.45, 7) is 2.54. The third kappa shape index (κ3) is 4.10. The second-order valence-corrected chi connectivity index (χ2v) is 4.30. The first-order chi connectivity index (χ1) is 8.08. The molecule has 5 heteroatoms. The molecule has 0 amide bonds. The van der Waals surface area contributed by atoms with Crippen LogP contribution in [0, 0.1) is 0 Å². The van der Waals surface area contributed by atoms with E-state index in [0.29, 0.717) is 28.0 Å². The summed E-state index contributed by atoms with van der Waals surface area (Å²) in [5.41, 5.74) is 0.704. The normalized spacial score (nSPS) is 10.1. The van der Waals surface area contributed by atoms with Gasteiger partial charge >= 0.3 is 5.97 Å². The summed E-state index contributed by atoms with van der Waals surface area (Å²) in [4.78, 5) is 11.1. The van der Waals surface area contributed by atoms with Crippen LogP contribution < -0.4 is 4.74 Å². The lowest BCUT2D eigenvalue weighted by Crippen LogP contribution is -2.05. The number of rotatable bonds is 5. The van der Waals surface area contributed by atoms with E-state index in [2.05, 4.69) is 4.74 Å². The zero-order valence-corrected chi connectivity index (χ0v) is 11.3. The molecular weight excluding hydrogens is 263 g/mol. The molecule has 0 aliphatic rings. The molecule has 0 N–H and O–H groups in total. The van der Waals surface area contributed by atoms with Gasteiger partial charge in [-0.3, -0.25) is 4.79 Å². The smallest absolute Gasteiger partial charge is 0.309 e. The lowest BCUT2D eigenvalue weighted by Gasteiger charge is -2.10. The van der Waals surface area contributed by atoms with Crippen molar-refractivity contribution in [1.82, 2.24) is 0 Å². The first-order valence-corrected chi connectivity index (χ1v) is 6.01. The van der Waals surface area contributed by atoms with Gasteiger partial charge in [0.25, 0.3) is 0 Å². The Hall–Kier alpha value is -0.930. The number of methoxy groups -OCH3 is 1. The van der Waals surface area contributed by atoms with E-state index in [4.69, 9.17) is 27.9 Å². The summed E-state index contributed by atoms with van der Waals surface area (Å²) in [5.74, 6) is 0.128. The zero-order chi connectivity index (χ0) is 12.8. The van der Waals surface area contributed by atoms with Crippen molar-refractivity contribution in [1.29, 1.82) is 0 Å². The summed E-state index contributed by atoms with van der Waals surface area (Å²) >= 11 is 12.1. The van der Waals surface area contributed by atoms with Crippen LogP contribution in [0.1, 0.15) is 18.9 Å². The van der Waals surface area contributed by atoms with E-state index in [-0.39, 0.29) is 12.4 Å². The molecule has 0 radical (unpaired) electrons. The lowest BCUT2D eigenvalue weighted by atomic mass is 10.1. The van der Waals surface area contributed by atoms with Gasteiger partial charge in [-0.05, 0) is 24.1 Å². The lowest BCUT2D eigenvalue weighted by molar-refractivity contribution is -0.139. The largest absolute Gasteiger partial charge is 0.490 e. The molecule has 0 unspecified atom stereocenters. The maximum absolute atomic E-state index is 11.1. The number of ether oxygens (including phenoxy) is 2. The molecule has 3 nitrogen and oxygen atoms in total. The van der Waals surface area contributed by atoms with Gasteiger partial charge in [-0.15, -0.1) is 0 Å². The second-order valence-electron chi connectivity index (χ2n) is 3.49. The molecule has 0 aromatic heterocycles. The third-order valence-electron chi connectivity index (χ3n) is 2.08. The molecule has 0 fully saturated rings. The van der Waals surface area contributed by atoms with Crippen LogP contribution in [0.15, 0.2) is 12.1 Å². The highest BCUT2D eigenvalue weighted by Gasteiger charge is 2.11. The number of benzene rings is 1. The minimum Gasteiger partial charge on any atom is -0.490 e. The average molecular weight is 277 g/mol. The van der Waals surface area contributed by atoms with Gasteiger partial charge in [0.15, 0.2) is 5.75 Å². The first kappa shape index (κ1) is 14.1. The Balaban J connectivity index is 2.88. The van der Waals surface area contributed by atoms with Crippen molar-refractivity contribution in [2.75, 3.05) is 13.7 Å². The fraction of sp³-hybridized carbons (Fsp3) is 0.417. The van der Waals surface area contributed by atoms with Crippen LogP contribution in [0.25, 0.3) is 0 Å². The van der Waals surface area contributed by atoms with Gasteiger partial charge in [-0.1, -0.05) is 30.1 Å². The topological polar surface area (TPSA) is 35.5 Å². The Morgan fingerprint density at radius 2 is 1.88 bits per heavy atom. The van der Waals surface area contributed by atoms with Crippen LogP contribution in [0.5, 0.6) is 5.75 Å². The molecule has 0 spiro atoms. The van der Waals surface area contributed by atoms with Crippen molar-refractivity contribution in [3.05, 3.63) is 27.7 Å². The van der Waals surface area contributed by atoms with E-state index in [0.717, 1.165) is 6.42 Å². The van der Waals surface area contributed by atoms with Crippen LogP contribution in [-0.4, -0.2) is 19.7 Å². The average Bonchev–Trinajstić information content (AvgIpc) is 2.28. The van der Waals surface area contributed by atoms with E-state index >= 15 is 0 Å². The van der Waals surface area contributed by atoms with Crippen molar-refractivity contribution in [2.24, 2.45) is 0 Å². The molecule has 94 valence electrons. The van der Waals surface area contributed by atoms with E-state index in [1.54, 1.807) is 12.1 Å². The predicted molar refractivity (Wildman–Crippen MR) is 68.0 cm³/mol. The van der Waals surface area contributed by atoms with E-state index in [1.165, 1.54) is 7.11 Å². The van der Waals surface area contributed by atoms with Gasteiger partial charge < -0.3 is 9.47 Å². The third-order valence-corrected chi connectivity index (χ3v) is 2.65. The second kappa shape index (κ2) is 6.72. The molecule has 0 bridgehead atoms. The summed E-state index contributed by atoms with van der Waals surface area (Å²) in [6, 6.07) is 3.32. The molecule has 0 aliphatic carbocycles. The van der Waals surface area contributed by atoms with Crippen molar-refractivity contribution in [3.63, 3.8) is 0 Å². The molecule has 0 aliphatic heterocycles. The van der Waals surface area contributed by atoms with E-state index in [9.17, 15) is 4.79 Å². The number of esters is 1. The van der Waals surface area contributed by atoms with Crippen molar-refractivity contribution >= 4 is 29.2 Å². The van der Waals surface area contributed by atoms with Crippen LogP contribution in [0.3, 0.4) is 0 Å². The number of carbonyl (C=O) groups excluding carboxylic acids is 1. The van der Waals surface area contributed by atoms with Gasteiger partial charge in [0.05, 0.1) is 30.2 Å². The monoisotopic (exact) mass is 276 g/mol. The van der Waals surface area contributed by atoms with Gasteiger partial charge in [-0.25, -0.2) is 0 Å². The predicted octanol–water partition coefficient (Wildman–Crippen LogP) is 3.50. The Kier molecular flexibility index (Phi) is 5.59. The molecule has 17 heavy (non-hydrogen) atoms. The Bertz CT molecular complexity index is 382. The highest BCUT2D eigenvalue weighted by Crippen LogP contribution is 2.34. The maximum Gasteiger partial charge on any atom is 0.309 e. The van der Waals surface area contributed by atoms with Gasteiger partial charge in [-0.2, -0.15) is 0 Å². The Morgan fingerprint density at radius 3 is 2.35 bits per heavy atom. The quantitative estimate of drug-likeness (QED) is 0.773. The minimum atomic E-state index is -0.334. The number of carbonyl (C=O) groups is 1. The molecule has 0 saturated heterocycles. The summed E-state index contributed by atoms with van der Waals surface area (Å²) in [7, 11) is 1.34. The number of hydrogen-bond acceptors (Lipinski definition) is 3. The standard InChI is InChI=1S/C12H14Cl2O3/c1-3-4-17-12-9(13)5-8(6-10(12)14)7-11(15)16-2/h5-6H,3-4,7H2,1-2H3. The molecule has 1 aromatic rings. The minimum absolute atomic E-state index is 0.143. The molecule has 0 heterocycles. The SMILES string of the molecule is CCCOc1c(Cl)cc(CC(=O)OC)cc1Cl. The van der Waals surface area contributed by atoms with Gasteiger partial charge in [0.2, 0.25) is 0 Å². The summed E-state index contributed by atoms with van der Waals surface area (Å²) in [5, 5.41) is 0.815. The summed E-state index contributed by atoms with van der Waals surface area (Å²) < 4.78 is 10.00. The van der Waals surface area contributed by atoms with Gasteiger partial charge in [0, 0.05) is 0 Å². The van der Waals surface area contributed by atoms with Crippen LogP contribution in [0.2, 0.25) is 10.0 Å². The zero-order valence-electron chi connectivity index (χ0n) is 9.76. The Morgan fingerprint density at radius 1 is 1.29 bits per heavy atom. The van der Waals surface area contributed by atoms with E-state index in [1.807, 2.05) is 6.92 Å². The van der Waals surface area contributed by atoms with Crippen LogP contribution in [-0.2, 0) is 16.0 Å². The highest BCUT2D eigenvalue weighted by atomic mass is 35.5. The van der Waals surface area contributed by atoms with Crippen LogP contribution in [0.4, 0.5) is 0 Å². The maximum atomic E-state index is 11.1. The molecular formula is C12H14Cl2O3. The number of halogens is 2. The first-order valence-electron chi connectivity index (χ1n) is 5.26. The molecule has 0 atom stereocenters. The van der Waals surface area contributed by atoms with Crippen molar-refractivity contribution < 1.29 is 14.3 Å². The highest BCUT2D eigenvalue weighted by molar-refractivity contribution is 6.37. The Labute approximate surface area is 111 Å². The summed E-state index contributed by atoms with van der Waals surface area (Å²) in [6.07, 6.45) is 1.01. The van der Waals surface area contributed by atoms with Gasteiger partial charge in [0.1, 0.15) is 0 Å². The number of hydrogen-bond donors (Lipinski definition) is 0.